The van der Waals surface area contributed by atoms with E-state index in [-0.39, 0.29) is 63.4 Å². The molecule has 1 aliphatic carbocycles. The third kappa shape index (κ3) is 2.92. The molecule has 0 fully saturated rings. The minimum atomic E-state index is -4.92. The molecule has 1 aromatic carbocycles. The van der Waals surface area contributed by atoms with E-state index in [4.69, 9.17) is 0 Å². The Morgan fingerprint density at radius 3 is 2.35 bits per heavy atom. The minimum absolute atomic E-state index is 0. The summed E-state index contributed by atoms with van der Waals surface area (Å²) in [5.41, 5.74) is 0.615. The van der Waals surface area contributed by atoms with Crippen LogP contribution in [0.15, 0.2) is 24.3 Å². The predicted molar refractivity (Wildman–Crippen MR) is 53.0 cm³/mol. The van der Waals surface area contributed by atoms with Crippen LogP contribution in [0.25, 0.3) is 0 Å². The molecule has 0 heterocycles. The number of carbonyl (C=O) groups excluding carboxylic acids is 2. The fourth-order valence-corrected chi connectivity index (χ4v) is 2.57. The predicted octanol–water partition coefficient (Wildman–Crippen LogP) is -3.09. The second kappa shape index (κ2) is 5.39. The second-order valence-electron chi connectivity index (χ2n) is 3.54. The SMILES string of the molecule is O=C1Cc2ccccc2C(=O)C1S(=O)(=O)[O-].[K+]. The second-order valence-corrected chi connectivity index (χ2v) is 4.99. The molecule has 1 aliphatic rings. The Morgan fingerprint density at radius 1 is 1.18 bits per heavy atom. The van der Waals surface area contributed by atoms with Crippen molar-refractivity contribution in [3.05, 3.63) is 35.4 Å². The molecule has 0 saturated heterocycles. The van der Waals surface area contributed by atoms with E-state index in [9.17, 15) is 22.6 Å². The Labute approximate surface area is 141 Å². The molecule has 0 saturated carbocycles. The molecule has 1 unspecified atom stereocenters. The van der Waals surface area contributed by atoms with Crippen molar-refractivity contribution < 1.29 is 73.9 Å². The van der Waals surface area contributed by atoms with Gasteiger partial charge >= 0.3 is 51.4 Å². The summed E-state index contributed by atoms with van der Waals surface area (Å²) in [6, 6.07) is 6.19. The number of hydrogen-bond donors (Lipinski definition) is 0. The maximum absolute atomic E-state index is 11.7. The van der Waals surface area contributed by atoms with Gasteiger partial charge in [-0.3, -0.25) is 9.59 Å². The summed E-state index contributed by atoms with van der Waals surface area (Å²) in [4.78, 5) is 23.1. The zero-order valence-electron chi connectivity index (χ0n) is 9.04. The minimum Gasteiger partial charge on any atom is -0.747 e. The Bertz CT molecular complexity index is 578. The topological polar surface area (TPSA) is 91.3 Å². The van der Waals surface area contributed by atoms with Crippen LogP contribution in [0.5, 0.6) is 0 Å². The van der Waals surface area contributed by atoms with Crippen molar-refractivity contribution in [3.63, 3.8) is 0 Å². The number of rotatable bonds is 1. The number of hydrogen-bond acceptors (Lipinski definition) is 5. The zero-order valence-corrected chi connectivity index (χ0v) is 13.0. The van der Waals surface area contributed by atoms with E-state index >= 15 is 0 Å². The van der Waals surface area contributed by atoms with Crippen molar-refractivity contribution in [1.82, 2.24) is 0 Å². The number of fused-ring (bicyclic) bond motifs is 1. The first kappa shape index (κ1) is 15.2. The summed E-state index contributed by atoms with van der Waals surface area (Å²) >= 11 is 0. The number of carbonyl (C=O) groups is 2. The van der Waals surface area contributed by atoms with E-state index in [1.807, 2.05) is 0 Å². The molecule has 0 radical (unpaired) electrons. The van der Waals surface area contributed by atoms with Gasteiger partial charge in [0.25, 0.3) is 0 Å². The molecule has 7 heteroatoms. The monoisotopic (exact) mass is 278 g/mol. The summed E-state index contributed by atoms with van der Waals surface area (Å²) in [5.74, 6) is -1.76. The molecule has 17 heavy (non-hydrogen) atoms. The summed E-state index contributed by atoms with van der Waals surface area (Å²) in [6.07, 6.45) is -0.186. The third-order valence-corrected chi connectivity index (χ3v) is 3.52. The summed E-state index contributed by atoms with van der Waals surface area (Å²) < 4.78 is 32.5. The molecule has 2 rings (SSSR count). The maximum Gasteiger partial charge on any atom is 1.00 e. The van der Waals surface area contributed by atoms with E-state index in [0.29, 0.717) is 5.56 Å². The van der Waals surface area contributed by atoms with Gasteiger partial charge in [-0.1, -0.05) is 24.3 Å². The zero-order chi connectivity index (χ0) is 11.9. The summed E-state index contributed by atoms with van der Waals surface area (Å²) in [7, 11) is -4.92. The van der Waals surface area contributed by atoms with E-state index in [1.54, 1.807) is 18.2 Å². The van der Waals surface area contributed by atoms with Crippen LogP contribution in [0.2, 0.25) is 0 Å². The van der Waals surface area contributed by atoms with Crippen LogP contribution < -0.4 is 51.4 Å². The van der Waals surface area contributed by atoms with E-state index in [2.05, 4.69) is 0 Å². The first-order chi connectivity index (χ1) is 7.41. The first-order valence-corrected chi connectivity index (χ1v) is 5.98. The van der Waals surface area contributed by atoms with Crippen molar-refractivity contribution in [2.24, 2.45) is 0 Å². The Kier molecular flexibility index (Phi) is 4.81. The number of Topliss-reactive ketones (excluding diaryl/α,β-unsaturated/α-hetero) is 2. The maximum atomic E-state index is 11.7. The van der Waals surface area contributed by atoms with Crippen molar-refractivity contribution in [1.29, 1.82) is 0 Å². The van der Waals surface area contributed by atoms with Crippen LogP contribution in [0, 0.1) is 0 Å². The van der Waals surface area contributed by atoms with Gasteiger partial charge in [0.2, 0.25) is 0 Å². The fraction of sp³-hybridized carbons (Fsp3) is 0.200. The average molecular weight is 278 g/mol. The van der Waals surface area contributed by atoms with Crippen LogP contribution in [0.4, 0.5) is 0 Å². The smallest absolute Gasteiger partial charge is 0.747 e. The quantitative estimate of drug-likeness (QED) is 0.308. The Balaban J connectivity index is 0.00000144. The largest absolute Gasteiger partial charge is 1.00 e. The van der Waals surface area contributed by atoms with Crippen molar-refractivity contribution >= 4 is 21.7 Å². The van der Waals surface area contributed by atoms with Gasteiger partial charge in [0.1, 0.15) is 10.1 Å². The normalized spacial score (nSPS) is 19.5. The molecule has 0 bridgehead atoms. The Hall–Kier alpha value is 0.106. The van der Waals surface area contributed by atoms with Crippen LogP contribution in [0.3, 0.4) is 0 Å². The van der Waals surface area contributed by atoms with Crippen molar-refractivity contribution in [2.75, 3.05) is 0 Å². The number of ketones is 2. The van der Waals surface area contributed by atoms with Gasteiger partial charge in [0.05, 0.1) is 0 Å². The molecular formula is C10H7KO5S. The molecule has 1 aromatic rings. The van der Waals surface area contributed by atoms with Gasteiger partial charge in [-0.2, -0.15) is 0 Å². The van der Waals surface area contributed by atoms with Crippen molar-refractivity contribution in [2.45, 2.75) is 11.7 Å². The van der Waals surface area contributed by atoms with Crippen LogP contribution >= 0.6 is 0 Å². The van der Waals surface area contributed by atoms with Gasteiger partial charge in [-0.25, -0.2) is 8.42 Å². The van der Waals surface area contributed by atoms with Gasteiger partial charge in [-0.05, 0) is 5.56 Å². The fourth-order valence-electron chi connectivity index (χ4n) is 1.77. The van der Waals surface area contributed by atoms with Crippen LogP contribution in [-0.2, 0) is 21.3 Å². The van der Waals surface area contributed by atoms with E-state index in [1.165, 1.54) is 6.07 Å². The van der Waals surface area contributed by atoms with Crippen LogP contribution in [-0.4, -0.2) is 29.8 Å². The molecule has 0 aromatic heterocycles. The first-order valence-electron chi connectivity index (χ1n) is 4.51. The van der Waals surface area contributed by atoms with Gasteiger partial charge < -0.3 is 4.55 Å². The Morgan fingerprint density at radius 2 is 1.76 bits per heavy atom. The summed E-state index contributed by atoms with van der Waals surface area (Å²) in [6.45, 7) is 0. The standard InChI is InChI=1S/C10H8O5S.K/c11-8-5-6-3-1-2-4-7(6)9(12)10(8)16(13,14)15;/h1-4,10H,5H2,(H,13,14,15);/q;+1/p-1. The van der Waals surface area contributed by atoms with E-state index < -0.39 is 26.9 Å². The molecular weight excluding hydrogens is 271 g/mol. The molecule has 84 valence electrons. The van der Waals surface area contributed by atoms with Crippen molar-refractivity contribution in [3.8, 4) is 0 Å². The molecule has 0 amide bonds. The third-order valence-electron chi connectivity index (χ3n) is 2.47. The number of benzene rings is 1. The summed E-state index contributed by atoms with van der Waals surface area (Å²) in [5, 5.41) is -2.07. The van der Waals surface area contributed by atoms with Gasteiger partial charge in [0.15, 0.2) is 16.8 Å². The molecule has 1 atom stereocenters. The average Bonchev–Trinajstić information content (AvgIpc) is 2.15. The van der Waals surface area contributed by atoms with Gasteiger partial charge in [0, 0.05) is 12.0 Å². The molecule has 0 spiro atoms. The van der Waals surface area contributed by atoms with Crippen LogP contribution in [0.1, 0.15) is 15.9 Å². The molecule has 0 N–H and O–H groups in total. The molecule has 5 nitrogen and oxygen atoms in total. The molecule has 0 aliphatic heterocycles. The van der Waals surface area contributed by atoms with E-state index in [0.717, 1.165) is 0 Å². The van der Waals surface area contributed by atoms with Gasteiger partial charge in [-0.15, -0.1) is 0 Å².